The summed E-state index contributed by atoms with van der Waals surface area (Å²) < 4.78 is 23.5. The van der Waals surface area contributed by atoms with Crippen LogP contribution in [0, 0.1) is 43.3 Å². The molecule has 4 heterocycles. The minimum atomic E-state index is -0.457. The molecule has 6 rings (SSSR count). The van der Waals surface area contributed by atoms with Crippen LogP contribution in [0.5, 0.6) is 0 Å². The average Bonchev–Trinajstić information content (AvgIpc) is 3.77. The largest absolute Gasteiger partial charge is 0.444 e. The van der Waals surface area contributed by atoms with Crippen molar-refractivity contribution in [3.63, 3.8) is 0 Å². The third-order valence-electron chi connectivity index (χ3n) is 9.12. The Morgan fingerprint density at radius 3 is 1.55 bits per heavy atom. The van der Waals surface area contributed by atoms with Gasteiger partial charge in [0.15, 0.2) is 12.6 Å². The van der Waals surface area contributed by atoms with E-state index in [1.54, 1.807) is 13.0 Å². The van der Waals surface area contributed by atoms with E-state index in [4.69, 9.17) is 9.47 Å². The highest BCUT2D eigenvalue weighted by atomic mass is 19.1. The lowest BCUT2D eigenvalue weighted by Gasteiger charge is -2.27. The van der Waals surface area contributed by atoms with Crippen LogP contribution in [0.2, 0.25) is 0 Å². The standard InChI is InChI=1S/C19H26N2O3.C11H20N2O2.C8H7FO/c1-13-5-6-14(12-22)17(7-13)20-8-15-10-21(11-16(15)9-20)18(23)24-19(2,3)4;1-11(2,3)15-10(14)13-6-8-4-12-5-9(8)7-13;1-6-2-3-7(5-10)8(9)4-6/h5-7,12,15-16H,8-11H2,1-4H3;8-9,12H,4-7H2,1-3H3;2-5H,1H3. The Labute approximate surface area is 290 Å². The minimum Gasteiger partial charge on any atom is -0.444 e. The molecular formula is C38H53FN4O6. The molecule has 11 heteroatoms. The topological polar surface area (TPSA) is 108 Å². The van der Waals surface area contributed by atoms with Gasteiger partial charge in [-0.15, -0.1) is 0 Å². The lowest BCUT2D eigenvalue weighted by molar-refractivity contribution is 0.0272. The highest BCUT2D eigenvalue weighted by molar-refractivity contribution is 5.85. The second-order valence-corrected chi connectivity index (χ2v) is 15.7. The first kappa shape index (κ1) is 37.8. The van der Waals surface area contributed by atoms with Crippen LogP contribution in [0.15, 0.2) is 36.4 Å². The van der Waals surface area contributed by atoms with Crippen LogP contribution < -0.4 is 10.2 Å². The summed E-state index contributed by atoms with van der Waals surface area (Å²) in [7, 11) is 0. The molecule has 0 aliphatic carbocycles. The Kier molecular flexibility index (Phi) is 12.1. The van der Waals surface area contributed by atoms with E-state index in [1.165, 1.54) is 12.1 Å². The summed E-state index contributed by atoms with van der Waals surface area (Å²) in [4.78, 5) is 51.4. The lowest BCUT2D eigenvalue weighted by atomic mass is 10.0. The Hall–Kier alpha value is -3.99. The van der Waals surface area contributed by atoms with Crippen LogP contribution in [0.1, 0.15) is 73.4 Å². The van der Waals surface area contributed by atoms with E-state index in [-0.39, 0.29) is 23.4 Å². The number of rotatable bonds is 3. The monoisotopic (exact) mass is 680 g/mol. The molecule has 2 amide bonds. The number of hydrogen-bond donors (Lipinski definition) is 1. The molecule has 0 saturated carbocycles. The first-order chi connectivity index (χ1) is 23.0. The maximum absolute atomic E-state index is 12.6. The van der Waals surface area contributed by atoms with Crippen LogP contribution in [0.3, 0.4) is 0 Å². The predicted octanol–water partition coefficient (Wildman–Crippen LogP) is 6.13. The van der Waals surface area contributed by atoms with E-state index in [9.17, 15) is 23.6 Å². The molecule has 0 radical (unpaired) electrons. The number of aldehydes is 2. The number of benzene rings is 2. The average molecular weight is 681 g/mol. The summed E-state index contributed by atoms with van der Waals surface area (Å²) in [5, 5.41) is 3.35. The molecule has 0 aromatic heterocycles. The van der Waals surface area contributed by atoms with E-state index >= 15 is 0 Å². The van der Waals surface area contributed by atoms with Crippen molar-refractivity contribution in [3.05, 3.63) is 64.5 Å². The van der Waals surface area contributed by atoms with Gasteiger partial charge in [-0.05, 0) is 103 Å². The van der Waals surface area contributed by atoms with Crippen molar-refractivity contribution in [3.8, 4) is 0 Å². The number of nitrogens with zero attached hydrogens (tertiary/aromatic N) is 3. The van der Waals surface area contributed by atoms with Gasteiger partial charge in [0.25, 0.3) is 0 Å². The molecule has 4 unspecified atom stereocenters. The second kappa shape index (κ2) is 15.7. The van der Waals surface area contributed by atoms with Gasteiger partial charge in [0.2, 0.25) is 0 Å². The van der Waals surface area contributed by atoms with Gasteiger partial charge in [0, 0.05) is 75.4 Å². The Morgan fingerprint density at radius 2 is 1.12 bits per heavy atom. The normalized spacial score (nSPS) is 22.7. The van der Waals surface area contributed by atoms with Crippen LogP contribution >= 0.6 is 0 Å². The summed E-state index contributed by atoms with van der Waals surface area (Å²) in [6.07, 6.45) is 1.06. The molecule has 4 aliphatic heterocycles. The molecule has 2 aromatic rings. The number of hydrogen-bond acceptors (Lipinski definition) is 8. The molecule has 2 aromatic carbocycles. The van der Waals surface area contributed by atoms with Crippen LogP contribution in [0.4, 0.5) is 19.7 Å². The van der Waals surface area contributed by atoms with Crippen LogP contribution in [-0.4, -0.2) is 98.1 Å². The number of ether oxygens (including phenoxy) is 2. The summed E-state index contributed by atoms with van der Waals surface area (Å²) in [5.41, 5.74) is 3.01. The van der Waals surface area contributed by atoms with Crippen molar-refractivity contribution >= 4 is 30.4 Å². The van der Waals surface area contributed by atoms with E-state index < -0.39 is 11.4 Å². The van der Waals surface area contributed by atoms with Gasteiger partial charge in [0.1, 0.15) is 17.0 Å². The molecule has 0 spiro atoms. The van der Waals surface area contributed by atoms with Crippen molar-refractivity contribution in [1.82, 2.24) is 15.1 Å². The summed E-state index contributed by atoms with van der Waals surface area (Å²) >= 11 is 0. The molecule has 268 valence electrons. The first-order valence-corrected chi connectivity index (χ1v) is 17.1. The molecule has 1 N–H and O–H groups in total. The summed E-state index contributed by atoms with van der Waals surface area (Å²) in [6.45, 7) is 22.2. The van der Waals surface area contributed by atoms with Gasteiger partial charge in [-0.3, -0.25) is 9.59 Å². The van der Waals surface area contributed by atoms with Gasteiger partial charge < -0.3 is 29.5 Å². The Bertz CT molecular complexity index is 1480. The van der Waals surface area contributed by atoms with Crippen LogP contribution in [-0.2, 0) is 9.47 Å². The molecule has 4 saturated heterocycles. The third kappa shape index (κ3) is 10.5. The molecule has 4 atom stereocenters. The molecule has 4 fully saturated rings. The van der Waals surface area contributed by atoms with Crippen molar-refractivity contribution < 1.29 is 33.0 Å². The number of carbonyl (C=O) groups excluding carboxylic acids is 4. The Morgan fingerprint density at radius 1 is 0.694 bits per heavy atom. The Balaban J connectivity index is 0.000000184. The van der Waals surface area contributed by atoms with Gasteiger partial charge in [-0.2, -0.15) is 0 Å². The number of halogens is 1. The van der Waals surface area contributed by atoms with Gasteiger partial charge in [-0.1, -0.05) is 12.1 Å². The SMILES string of the molecule is CC(C)(C)OC(=O)N1CC2CNCC2C1.Cc1ccc(C=O)c(F)c1.Cc1ccc(C=O)c(N2CC3CN(C(=O)OC(C)(C)C)CC3C2)c1. The van der Waals surface area contributed by atoms with E-state index in [1.807, 2.05) is 70.4 Å². The molecule has 49 heavy (non-hydrogen) atoms. The van der Waals surface area contributed by atoms with Gasteiger partial charge in [-0.25, -0.2) is 14.0 Å². The zero-order valence-corrected chi connectivity index (χ0v) is 30.3. The quantitative estimate of drug-likeness (QED) is 0.386. The highest BCUT2D eigenvalue weighted by Crippen LogP contribution is 2.36. The number of amides is 2. The van der Waals surface area contributed by atoms with Gasteiger partial charge >= 0.3 is 12.2 Å². The number of aryl methyl sites for hydroxylation is 2. The van der Waals surface area contributed by atoms with E-state index in [0.29, 0.717) is 30.0 Å². The van der Waals surface area contributed by atoms with E-state index in [0.717, 1.165) is 81.0 Å². The van der Waals surface area contributed by atoms with E-state index in [2.05, 4.69) is 16.3 Å². The zero-order valence-electron chi connectivity index (χ0n) is 30.3. The zero-order chi connectivity index (χ0) is 36.1. The van der Waals surface area contributed by atoms with Crippen molar-refractivity contribution in [2.75, 3.05) is 57.3 Å². The number of nitrogens with one attached hydrogen (secondary N) is 1. The van der Waals surface area contributed by atoms with Crippen LogP contribution in [0.25, 0.3) is 0 Å². The lowest BCUT2D eigenvalue weighted by Crippen LogP contribution is -2.37. The summed E-state index contributed by atoms with van der Waals surface area (Å²) in [6, 6.07) is 10.4. The second-order valence-electron chi connectivity index (χ2n) is 15.7. The number of carbonyl (C=O) groups is 4. The number of likely N-dealkylation sites (tertiary alicyclic amines) is 2. The fraction of sp³-hybridized carbons (Fsp3) is 0.579. The predicted molar refractivity (Wildman–Crippen MR) is 188 cm³/mol. The fourth-order valence-corrected chi connectivity index (χ4v) is 6.75. The van der Waals surface area contributed by atoms with Crippen molar-refractivity contribution in [2.24, 2.45) is 23.7 Å². The van der Waals surface area contributed by atoms with Gasteiger partial charge in [0.05, 0.1) is 5.56 Å². The maximum atomic E-state index is 12.6. The minimum absolute atomic E-state index is 0.116. The summed E-state index contributed by atoms with van der Waals surface area (Å²) in [5.74, 6) is 1.71. The van der Waals surface area contributed by atoms with Crippen molar-refractivity contribution in [1.29, 1.82) is 0 Å². The number of fused-ring (bicyclic) bond motifs is 2. The maximum Gasteiger partial charge on any atom is 0.410 e. The smallest absolute Gasteiger partial charge is 0.410 e. The molecule has 0 bridgehead atoms. The fourth-order valence-electron chi connectivity index (χ4n) is 6.75. The molecule has 4 aliphatic rings. The number of anilines is 1. The molecular weight excluding hydrogens is 627 g/mol. The van der Waals surface area contributed by atoms with Crippen molar-refractivity contribution in [2.45, 2.75) is 66.6 Å². The highest BCUT2D eigenvalue weighted by Gasteiger charge is 2.43. The first-order valence-electron chi connectivity index (χ1n) is 17.1. The third-order valence-corrected chi connectivity index (χ3v) is 9.12. The molecule has 10 nitrogen and oxygen atoms in total.